The van der Waals surface area contributed by atoms with E-state index in [1.54, 1.807) is 13.2 Å². The second-order valence-electron chi connectivity index (χ2n) is 3.70. The number of hydrogen-bond donors (Lipinski definition) is 0. The third kappa shape index (κ3) is 3.77. The molecule has 1 rings (SSSR count). The normalized spacial score (nSPS) is 10.9. The fraction of sp³-hybridized carbons (Fsp3) is 0.267. The first-order chi connectivity index (χ1) is 8.74. The topological polar surface area (TPSA) is 35.5 Å². The summed E-state index contributed by atoms with van der Waals surface area (Å²) in [5.74, 6) is 1.31. The Balaban J connectivity index is 3.00. The summed E-state index contributed by atoms with van der Waals surface area (Å²) in [7, 11) is 1.59. The lowest BCUT2D eigenvalue weighted by Crippen LogP contribution is -1.96. The number of allylic oxidation sites excluding steroid dienone is 1. The van der Waals surface area contributed by atoms with Crippen molar-refractivity contribution < 1.29 is 14.3 Å². The van der Waals surface area contributed by atoms with Crippen LogP contribution in [0, 0.1) is 0 Å². The van der Waals surface area contributed by atoms with Gasteiger partial charge in [0.25, 0.3) is 0 Å². The zero-order valence-electron chi connectivity index (χ0n) is 10.8. The molecule has 0 radical (unpaired) electrons. The standard InChI is InChI=1S/C15H18O3/c1-4-8-18-14-7-6-13(10-15(14)17-3)9-12(5-2)11-16/h4,6-7,9-11H,1,5,8H2,2-3H3. The van der Waals surface area contributed by atoms with Gasteiger partial charge in [-0.1, -0.05) is 25.6 Å². The quantitative estimate of drug-likeness (QED) is 0.421. The highest BCUT2D eigenvalue weighted by Gasteiger charge is 2.04. The van der Waals surface area contributed by atoms with Gasteiger partial charge in [0.1, 0.15) is 12.9 Å². The highest BCUT2D eigenvalue weighted by molar-refractivity contribution is 5.81. The summed E-state index contributed by atoms with van der Waals surface area (Å²) in [6, 6.07) is 5.56. The summed E-state index contributed by atoms with van der Waals surface area (Å²) < 4.78 is 10.7. The van der Waals surface area contributed by atoms with Crippen molar-refractivity contribution in [2.75, 3.05) is 13.7 Å². The van der Waals surface area contributed by atoms with Crippen LogP contribution in [0.4, 0.5) is 0 Å². The van der Waals surface area contributed by atoms with Gasteiger partial charge in [-0.05, 0) is 35.8 Å². The molecule has 96 valence electrons. The van der Waals surface area contributed by atoms with Crippen LogP contribution in [0.5, 0.6) is 11.5 Å². The molecule has 0 aliphatic rings. The average molecular weight is 246 g/mol. The summed E-state index contributed by atoms with van der Waals surface area (Å²) in [6.45, 7) is 5.97. The lowest BCUT2D eigenvalue weighted by molar-refractivity contribution is -0.104. The molecule has 1 aromatic rings. The van der Waals surface area contributed by atoms with E-state index in [1.165, 1.54) is 0 Å². The number of methoxy groups -OCH3 is 1. The molecule has 0 aliphatic carbocycles. The zero-order valence-corrected chi connectivity index (χ0v) is 10.8. The summed E-state index contributed by atoms with van der Waals surface area (Å²) in [5.41, 5.74) is 1.67. The third-order valence-corrected chi connectivity index (χ3v) is 2.46. The van der Waals surface area contributed by atoms with Gasteiger partial charge in [-0.15, -0.1) is 0 Å². The fourth-order valence-corrected chi connectivity index (χ4v) is 1.48. The average Bonchev–Trinajstić information content (AvgIpc) is 2.42. The predicted octanol–water partition coefficient (Wildman–Crippen LogP) is 3.25. The molecule has 0 unspecified atom stereocenters. The zero-order chi connectivity index (χ0) is 13.4. The predicted molar refractivity (Wildman–Crippen MR) is 73.0 cm³/mol. The van der Waals surface area contributed by atoms with Gasteiger partial charge >= 0.3 is 0 Å². The van der Waals surface area contributed by atoms with Crippen LogP contribution in [0.15, 0.2) is 36.4 Å². The van der Waals surface area contributed by atoms with Gasteiger partial charge in [0.2, 0.25) is 0 Å². The van der Waals surface area contributed by atoms with E-state index < -0.39 is 0 Å². The molecule has 0 fully saturated rings. The Hall–Kier alpha value is -2.03. The Morgan fingerprint density at radius 3 is 2.72 bits per heavy atom. The molecule has 18 heavy (non-hydrogen) atoms. The molecule has 0 saturated heterocycles. The van der Waals surface area contributed by atoms with Crippen LogP contribution in [0.3, 0.4) is 0 Å². The van der Waals surface area contributed by atoms with Crippen molar-refractivity contribution in [2.24, 2.45) is 0 Å². The Morgan fingerprint density at radius 2 is 2.17 bits per heavy atom. The second kappa shape index (κ2) is 7.33. The van der Waals surface area contributed by atoms with E-state index in [0.29, 0.717) is 24.5 Å². The van der Waals surface area contributed by atoms with Crippen LogP contribution >= 0.6 is 0 Å². The summed E-state index contributed by atoms with van der Waals surface area (Å²) in [4.78, 5) is 10.8. The molecule has 0 N–H and O–H groups in total. The number of ether oxygens (including phenoxy) is 2. The highest BCUT2D eigenvalue weighted by Crippen LogP contribution is 2.29. The van der Waals surface area contributed by atoms with Crippen molar-refractivity contribution in [1.29, 1.82) is 0 Å². The van der Waals surface area contributed by atoms with Gasteiger partial charge in [0, 0.05) is 0 Å². The molecule has 0 aliphatic heterocycles. The Labute approximate surface area is 108 Å². The molecular weight excluding hydrogens is 228 g/mol. The summed E-state index contributed by atoms with van der Waals surface area (Å²) >= 11 is 0. The van der Waals surface area contributed by atoms with E-state index in [0.717, 1.165) is 17.4 Å². The van der Waals surface area contributed by atoms with Crippen molar-refractivity contribution in [3.05, 3.63) is 42.0 Å². The van der Waals surface area contributed by atoms with Gasteiger partial charge < -0.3 is 9.47 Å². The minimum atomic E-state index is 0.431. The Kier molecular flexibility index (Phi) is 5.71. The molecular formula is C15H18O3. The number of hydrogen-bond acceptors (Lipinski definition) is 3. The molecule has 0 bridgehead atoms. The Morgan fingerprint density at radius 1 is 1.39 bits per heavy atom. The number of aldehydes is 1. The maximum atomic E-state index is 10.8. The van der Waals surface area contributed by atoms with Crippen molar-refractivity contribution in [2.45, 2.75) is 13.3 Å². The molecule has 0 spiro atoms. The van der Waals surface area contributed by atoms with E-state index >= 15 is 0 Å². The molecule has 0 saturated carbocycles. The fourth-order valence-electron chi connectivity index (χ4n) is 1.48. The van der Waals surface area contributed by atoms with Gasteiger partial charge in [-0.2, -0.15) is 0 Å². The second-order valence-corrected chi connectivity index (χ2v) is 3.70. The maximum absolute atomic E-state index is 10.8. The summed E-state index contributed by atoms with van der Waals surface area (Å²) in [5, 5.41) is 0. The first-order valence-corrected chi connectivity index (χ1v) is 5.82. The molecule has 0 heterocycles. The minimum Gasteiger partial charge on any atom is -0.493 e. The lowest BCUT2D eigenvalue weighted by atomic mass is 10.1. The molecule has 3 heteroatoms. The molecule has 0 aromatic heterocycles. The molecule has 0 atom stereocenters. The largest absolute Gasteiger partial charge is 0.493 e. The monoisotopic (exact) mass is 246 g/mol. The third-order valence-electron chi connectivity index (χ3n) is 2.46. The summed E-state index contributed by atoms with van der Waals surface area (Å²) in [6.07, 6.45) is 5.09. The van der Waals surface area contributed by atoms with Crippen molar-refractivity contribution in [1.82, 2.24) is 0 Å². The van der Waals surface area contributed by atoms with Crippen LogP contribution in [-0.2, 0) is 4.79 Å². The number of carbonyl (C=O) groups excluding carboxylic acids is 1. The maximum Gasteiger partial charge on any atom is 0.161 e. The number of benzene rings is 1. The number of rotatable bonds is 7. The molecule has 0 amide bonds. The van der Waals surface area contributed by atoms with Gasteiger partial charge in [0.15, 0.2) is 11.5 Å². The smallest absolute Gasteiger partial charge is 0.161 e. The van der Waals surface area contributed by atoms with Crippen molar-refractivity contribution in [3.63, 3.8) is 0 Å². The van der Waals surface area contributed by atoms with E-state index in [9.17, 15) is 4.79 Å². The van der Waals surface area contributed by atoms with E-state index in [2.05, 4.69) is 6.58 Å². The van der Waals surface area contributed by atoms with Gasteiger partial charge in [0.05, 0.1) is 7.11 Å². The SMILES string of the molecule is C=CCOc1ccc(C=C(C=O)CC)cc1OC. The van der Waals surface area contributed by atoms with Crippen LogP contribution in [0.1, 0.15) is 18.9 Å². The van der Waals surface area contributed by atoms with Crippen LogP contribution in [0.2, 0.25) is 0 Å². The first kappa shape index (κ1) is 14.0. The van der Waals surface area contributed by atoms with Crippen LogP contribution in [-0.4, -0.2) is 20.0 Å². The highest BCUT2D eigenvalue weighted by atomic mass is 16.5. The van der Waals surface area contributed by atoms with E-state index in [4.69, 9.17) is 9.47 Å². The lowest BCUT2D eigenvalue weighted by Gasteiger charge is -2.10. The van der Waals surface area contributed by atoms with Crippen molar-refractivity contribution in [3.8, 4) is 11.5 Å². The van der Waals surface area contributed by atoms with E-state index in [-0.39, 0.29) is 0 Å². The Bertz CT molecular complexity index is 447. The van der Waals surface area contributed by atoms with Gasteiger partial charge in [-0.3, -0.25) is 4.79 Å². The first-order valence-electron chi connectivity index (χ1n) is 5.82. The van der Waals surface area contributed by atoms with Gasteiger partial charge in [-0.25, -0.2) is 0 Å². The molecule has 1 aromatic carbocycles. The van der Waals surface area contributed by atoms with Crippen LogP contribution < -0.4 is 9.47 Å². The minimum absolute atomic E-state index is 0.431. The van der Waals surface area contributed by atoms with Crippen LogP contribution in [0.25, 0.3) is 6.08 Å². The van der Waals surface area contributed by atoms with Crippen molar-refractivity contribution >= 4 is 12.4 Å². The van der Waals surface area contributed by atoms with E-state index in [1.807, 2.05) is 31.2 Å². The molecule has 3 nitrogen and oxygen atoms in total. The number of carbonyl (C=O) groups is 1.